The van der Waals surface area contributed by atoms with Gasteiger partial charge in [0.25, 0.3) is 11.6 Å². The normalized spacial score (nSPS) is 15.1. The fourth-order valence-corrected chi connectivity index (χ4v) is 1.56. The summed E-state index contributed by atoms with van der Waals surface area (Å²) in [4.78, 5) is 21.1. The van der Waals surface area contributed by atoms with Crippen LogP contribution >= 0.6 is 0 Å². The predicted molar refractivity (Wildman–Crippen MR) is 58.6 cm³/mol. The Labute approximate surface area is 105 Å². The van der Waals surface area contributed by atoms with E-state index >= 15 is 0 Å². The van der Waals surface area contributed by atoms with Crippen LogP contribution in [0.4, 0.5) is 18.9 Å². The Balaban J connectivity index is 2.35. The van der Waals surface area contributed by atoms with Crippen molar-refractivity contribution < 1.29 is 22.9 Å². The summed E-state index contributed by atoms with van der Waals surface area (Å²) in [5.41, 5.74) is -2.62. The van der Waals surface area contributed by atoms with E-state index in [1.54, 1.807) is 0 Å². The Morgan fingerprint density at radius 3 is 2.47 bits per heavy atom. The average Bonchev–Trinajstić information content (AvgIpc) is 3.10. The molecular formula is C11H9F3N2O3. The molecule has 1 aromatic carbocycles. The second kappa shape index (κ2) is 4.52. The number of rotatable bonds is 3. The topological polar surface area (TPSA) is 72.2 Å². The van der Waals surface area contributed by atoms with E-state index in [4.69, 9.17) is 0 Å². The number of hydrogen-bond acceptors (Lipinski definition) is 3. The van der Waals surface area contributed by atoms with Crippen molar-refractivity contribution in [2.45, 2.75) is 25.1 Å². The maximum Gasteiger partial charge on any atom is 0.422 e. The summed E-state index contributed by atoms with van der Waals surface area (Å²) < 4.78 is 37.7. The van der Waals surface area contributed by atoms with Crippen LogP contribution in [-0.2, 0) is 6.18 Å². The number of nitro groups is 1. The number of amides is 1. The second-order valence-electron chi connectivity index (χ2n) is 4.23. The third-order valence-corrected chi connectivity index (χ3v) is 2.67. The second-order valence-corrected chi connectivity index (χ2v) is 4.23. The highest BCUT2D eigenvalue weighted by Gasteiger charge is 2.38. The number of nitrogens with one attached hydrogen (secondary N) is 1. The van der Waals surface area contributed by atoms with Gasteiger partial charge >= 0.3 is 6.18 Å². The molecule has 0 saturated heterocycles. The van der Waals surface area contributed by atoms with Gasteiger partial charge in [-0.2, -0.15) is 13.2 Å². The smallest absolute Gasteiger partial charge is 0.349 e. The van der Waals surface area contributed by atoms with E-state index in [1.165, 1.54) is 0 Å². The van der Waals surface area contributed by atoms with Crippen LogP contribution in [0.5, 0.6) is 0 Å². The van der Waals surface area contributed by atoms with Crippen molar-refractivity contribution in [1.82, 2.24) is 5.32 Å². The zero-order valence-corrected chi connectivity index (χ0v) is 9.53. The van der Waals surface area contributed by atoms with Gasteiger partial charge in [0.1, 0.15) is 5.56 Å². The third kappa shape index (κ3) is 3.01. The van der Waals surface area contributed by atoms with Gasteiger partial charge < -0.3 is 5.32 Å². The molecule has 0 unspecified atom stereocenters. The van der Waals surface area contributed by atoms with Crippen LogP contribution in [0.15, 0.2) is 18.2 Å². The molecule has 0 radical (unpaired) electrons. The molecule has 0 spiro atoms. The van der Waals surface area contributed by atoms with Crippen LogP contribution in [0.1, 0.15) is 28.8 Å². The van der Waals surface area contributed by atoms with Crippen LogP contribution in [0.2, 0.25) is 0 Å². The highest BCUT2D eigenvalue weighted by Crippen LogP contribution is 2.36. The summed E-state index contributed by atoms with van der Waals surface area (Å²) in [6, 6.07) is 2.17. The van der Waals surface area contributed by atoms with Gasteiger partial charge in [-0.25, -0.2) is 0 Å². The molecule has 0 heterocycles. The monoisotopic (exact) mass is 274 g/mol. The van der Waals surface area contributed by atoms with Gasteiger partial charge in [-0.1, -0.05) is 0 Å². The molecule has 1 aromatic rings. The lowest BCUT2D eigenvalue weighted by Crippen LogP contribution is -2.25. The van der Waals surface area contributed by atoms with E-state index in [2.05, 4.69) is 5.32 Å². The molecule has 0 aliphatic heterocycles. The number of carbonyl (C=O) groups is 1. The number of nitrogens with zero attached hydrogens (tertiary/aromatic N) is 1. The molecule has 1 saturated carbocycles. The van der Waals surface area contributed by atoms with Crippen molar-refractivity contribution in [3.63, 3.8) is 0 Å². The minimum atomic E-state index is -4.83. The average molecular weight is 274 g/mol. The summed E-state index contributed by atoms with van der Waals surface area (Å²) >= 11 is 0. The van der Waals surface area contributed by atoms with Crippen LogP contribution in [0.3, 0.4) is 0 Å². The van der Waals surface area contributed by atoms with Gasteiger partial charge in [0.05, 0.1) is 4.92 Å². The van der Waals surface area contributed by atoms with E-state index in [0.29, 0.717) is 12.1 Å². The molecule has 1 aliphatic carbocycles. The maximum atomic E-state index is 12.6. The standard InChI is InChI=1S/C11H9F3N2O3/c12-11(13,14)8-4-1-6(5-9(8)16(18)19)10(17)15-7-2-3-7/h1,4-5,7H,2-3H2,(H,15,17). The van der Waals surface area contributed by atoms with Crippen molar-refractivity contribution in [3.8, 4) is 0 Å². The highest BCUT2D eigenvalue weighted by molar-refractivity contribution is 5.95. The van der Waals surface area contributed by atoms with E-state index in [0.717, 1.165) is 18.9 Å². The van der Waals surface area contributed by atoms with Crippen LogP contribution in [-0.4, -0.2) is 16.9 Å². The largest absolute Gasteiger partial charge is 0.422 e. The summed E-state index contributed by atoms with van der Waals surface area (Å²) in [6.45, 7) is 0. The maximum absolute atomic E-state index is 12.6. The molecule has 1 fully saturated rings. The zero-order chi connectivity index (χ0) is 14.2. The number of nitro benzene ring substituents is 1. The number of benzene rings is 1. The van der Waals surface area contributed by atoms with E-state index in [9.17, 15) is 28.1 Å². The molecule has 0 bridgehead atoms. The van der Waals surface area contributed by atoms with E-state index in [1.807, 2.05) is 0 Å². The third-order valence-electron chi connectivity index (χ3n) is 2.67. The first-order chi connectivity index (χ1) is 8.79. The molecule has 2 rings (SSSR count). The minimum absolute atomic E-state index is 0.0221. The van der Waals surface area contributed by atoms with Crippen molar-refractivity contribution in [2.75, 3.05) is 0 Å². The molecule has 1 N–H and O–H groups in total. The molecule has 8 heteroatoms. The van der Waals surface area contributed by atoms with Crippen LogP contribution < -0.4 is 5.32 Å². The van der Waals surface area contributed by atoms with Crippen molar-refractivity contribution in [1.29, 1.82) is 0 Å². The fraction of sp³-hybridized carbons (Fsp3) is 0.364. The Bertz CT molecular complexity index is 538. The van der Waals surface area contributed by atoms with Gasteiger partial charge in [-0.3, -0.25) is 14.9 Å². The van der Waals surface area contributed by atoms with E-state index < -0.39 is 28.3 Å². The van der Waals surface area contributed by atoms with Gasteiger partial charge in [0, 0.05) is 17.7 Å². The summed E-state index contributed by atoms with van der Waals surface area (Å²) in [6.07, 6.45) is -3.20. The van der Waals surface area contributed by atoms with E-state index in [-0.39, 0.29) is 11.6 Å². The van der Waals surface area contributed by atoms with Gasteiger partial charge in [-0.15, -0.1) is 0 Å². The first-order valence-electron chi connectivity index (χ1n) is 5.45. The Morgan fingerprint density at radius 1 is 1.37 bits per heavy atom. The van der Waals surface area contributed by atoms with Crippen LogP contribution in [0, 0.1) is 10.1 Å². The molecule has 19 heavy (non-hydrogen) atoms. The molecule has 0 atom stereocenters. The SMILES string of the molecule is O=C(NC1CC1)c1ccc(C(F)(F)F)c([N+](=O)[O-])c1. The molecule has 102 valence electrons. The molecular weight excluding hydrogens is 265 g/mol. The van der Waals surface area contributed by atoms with Gasteiger partial charge in [-0.05, 0) is 25.0 Å². The lowest BCUT2D eigenvalue weighted by atomic mass is 10.1. The molecule has 1 aliphatic rings. The van der Waals surface area contributed by atoms with Crippen molar-refractivity contribution in [3.05, 3.63) is 39.4 Å². The molecule has 0 aromatic heterocycles. The minimum Gasteiger partial charge on any atom is -0.349 e. The molecule has 1 amide bonds. The number of alkyl halides is 3. The summed E-state index contributed by atoms with van der Waals surface area (Å²) in [5.74, 6) is -0.598. The lowest BCUT2D eigenvalue weighted by Gasteiger charge is -2.09. The number of hydrogen-bond donors (Lipinski definition) is 1. The fourth-order valence-electron chi connectivity index (χ4n) is 1.56. The van der Waals surface area contributed by atoms with Gasteiger partial charge in [0.15, 0.2) is 0 Å². The Kier molecular flexibility index (Phi) is 3.17. The molecule has 5 nitrogen and oxygen atoms in total. The van der Waals surface area contributed by atoms with Crippen LogP contribution in [0.25, 0.3) is 0 Å². The quantitative estimate of drug-likeness (QED) is 0.680. The van der Waals surface area contributed by atoms with Gasteiger partial charge in [0.2, 0.25) is 0 Å². The summed E-state index contributed by atoms with van der Waals surface area (Å²) in [5, 5.41) is 13.2. The van der Waals surface area contributed by atoms with Crippen molar-refractivity contribution >= 4 is 11.6 Å². The number of halogens is 3. The highest BCUT2D eigenvalue weighted by atomic mass is 19.4. The Hall–Kier alpha value is -2.12. The predicted octanol–water partition coefficient (Wildman–Crippen LogP) is 2.51. The first-order valence-corrected chi connectivity index (χ1v) is 5.45. The first kappa shape index (κ1) is 13.3. The van der Waals surface area contributed by atoms with Crippen molar-refractivity contribution in [2.24, 2.45) is 0 Å². The number of carbonyl (C=O) groups excluding carboxylic acids is 1. The Morgan fingerprint density at radius 2 is 2.00 bits per heavy atom. The summed E-state index contributed by atoms with van der Waals surface area (Å²) in [7, 11) is 0. The zero-order valence-electron chi connectivity index (χ0n) is 9.53. The lowest BCUT2D eigenvalue weighted by molar-refractivity contribution is -0.388.